The molecule has 1 saturated heterocycles. The molecule has 8 heteroatoms. The second-order valence-electron chi connectivity index (χ2n) is 10.4. The third-order valence-corrected chi connectivity index (χ3v) is 6.91. The van der Waals surface area contributed by atoms with Gasteiger partial charge < -0.3 is 19.9 Å². The molecule has 2 aromatic rings. The van der Waals surface area contributed by atoms with Crippen molar-refractivity contribution in [2.75, 3.05) is 6.61 Å². The Hall–Kier alpha value is -3.39. The number of alkyl carbamates (subject to hydrolysis) is 1. The summed E-state index contributed by atoms with van der Waals surface area (Å²) in [4.78, 5) is 39.7. The SMILES string of the molecule is CC(C)C[C@H](NC(=O)OCC1c2ccccc2-c2ccccc21)C(=O)N1[C@H](C(=O)O)[C@@H](C)OC1(C)C. The standard InChI is InChI=1S/C28H34N2O6/c1-16(2)14-23(25(31)30-24(26(32)33)17(3)36-28(30,4)5)29-27(34)35-15-22-20-12-8-6-10-18(20)19-11-7-9-13-21(19)22/h6-13,16-17,22-24H,14-15H2,1-5H3,(H,29,34)(H,32,33)/t17-,23+,24+/m1/s1. The first-order valence-corrected chi connectivity index (χ1v) is 12.4. The number of nitrogens with one attached hydrogen (secondary N) is 1. The minimum atomic E-state index is -1.15. The van der Waals surface area contributed by atoms with E-state index in [0.29, 0.717) is 6.42 Å². The average molecular weight is 495 g/mol. The first kappa shape index (κ1) is 25.7. The zero-order valence-corrected chi connectivity index (χ0v) is 21.4. The summed E-state index contributed by atoms with van der Waals surface area (Å²) in [6, 6.07) is 14.0. The van der Waals surface area contributed by atoms with Crippen molar-refractivity contribution < 1.29 is 29.0 Å². The Bertz CT molecular complexity index is 1110. The number of ether oxygens (including phenoxy) is 2. The van der Waals surface area contributed by atoms with Crippen LogP contribution in [0, 0.1) is 5.92 Å². The number of nitrogens with zero attached hydrogens (tertiary/aromatic N) is 1. The van der Waals surface area contributed by atoms with E-state index in [9.17, 15) is 19.5 Å². The quantitative estimate of drug-likeness (QED) is 0.592. The molecular formula is C28H34N2O6. The van der Waals surface area contributed by atoms with Crippen molar-refractivity contribution in [3.63, 3.8) is 0 Å². The number of carboxylic acids is 1. The summed E-state index contributed by atoms with van der Waals surface area (Å²) in [6.07, 6.45) is -1.07. The van der Waals surface area contributed by atoms with Gasteiger partial charge >= 0.3 is 12.1 Å². The summed E-state index contributed by atoms with van der Waals surface area (Å²) < 4.78 is 11.4. The lowest BCUT2D eigenvalue weighted by atomic mass is 9.98. The molecule has 8 nitrogen and oxygen atoms in total. The van der Waals surface area contributed by atoms with Gasteiger partial charge in [-0.05, 0) is 55.4 Å². The third kappa shape index (κ3) is 4.82. The van der Waals surface area contributed by atoms with Gasteiger partial charge in [-0.1, -0.05) is 62.4 Å². The van der Waals surface area contributed by atoms with Gasteiger partial charge in [0.2, 0.25) is 5.91 Å². The molecule has 3 atom stereocenters. The molecule has 0 spiro atoms. The van der Waals surface area contributed by atoms with E-state index in [2.05, 4.69) is 17.4 Å². The average Bonchev–Trinajstić information content (AvgIpc) is 3.26. The molecule has 1 heterocycles. The zero-order valence-electron chi connectivity index (χ0n) is 21.4. The van der Waals surface area contributed by atoms with E-state index in [4.69, 9.17) is 9.47 Å². The van der Waals surface area contributed by atoms with Gasteiger partial charge in [-0.2, -0.15) is 0 Å². The number of amides is 2. The molecule has 0 saturated carbocycles. The molecular weight excluding hydrogens is 460 g/mol. The van der Waals surface area contributed by atoms with E-state index in [1.165, 1.54) is 4.90 Å². The number of carbonyl (C=O) groups is 3. The van der Waals surface area contributed by atoms with Crippen molar-refractivity contribution in [3.8, 4) is 11.1 Å². The molecule has 2 N–H and O–H groups in total. The molecule has 192 valence electrons. The number of hydrogen-bond acceptors (Lipinski definition) is 5. The normalized spacial score (nSPS) is 21.1. The minimum Gasteiger partial charge on any atom is -0.480 e. The number of carboxylic acid groups (broad SMARTS) is 1. The lowest BCUT2D eigenvalue weighted by Gasteiger charge is -2.35. The van der Waals surface area contributed by atoms with E-state index in [-0.39, 0.29) is 18.4 Å². The number of hydrogen-bond donors (Lipinski definition) is 2. The van der Waals surface area contributed by atoms with Crippen LogP contribution >= 0.6 is 0 Å². The van der Waals surface area contributed by atoms with Crippen molar-refractivity contribution in [1.29, 1.82) is 0 Å². The number of benzene rings is 2. The Kier molecular flexibility index (Phi) is 7.09. The van der Waals surface area contributed by atoms with Crippen LogP contribution in [0.5, 0.6) is 0 Å². The Labute approximate surface area is 211 Å². The van der Waals surface area contributed by atoms with Crippen LogP contribution in [-0.4, -0.2) is 58.5 Å². The van der Waals surface area contributed by atoms with E-state index in [1.54, 1.807) is 20.8 Å². The minimum absolute atomic E-state index is 0.0696. The van der Waals surface area contributed by atoms with Crippen LogP contribution in [0.3, 0.4) is 0 Å². The van der Waals surface area contributed by atoms with Gasteiger partial charge in [-0.3, -0.25) is 9.69 Å². The molecule has 1 aliphatic carbocycles. The van der Waals surface area contributed by atoms with Crippen LogP contribution in [-0.2, 0) is 19.1 Å². The fourth-order valence-corrected chi connectivity index (χ4v) is 5.48. The Morgan fingerprint density at radius 2 is 1.61 bits per heavy atom. The predicted octanol–water partition coefficient (Wildman–Crippen LogP) is 4.38. The van der Waals surface area contributed by atoms with Gasteiger partial charge in [0, 0.05) is 5.92 Å². The smallest absolute Gasteiger partial charge is 0.407 e. The Morgan fingerprint density at radius 3 is 2.14 bits per heavy atom. The number of rotatable bonds is 7. The molecule has 0 unspecified atom stereocenters. The maximum Gasteiger partial charge on any atom is 0.407 e. The van der Waals surface area contributed by atoms with E-state index >= 15 is 0 Å². The fraction of sp³-hybridized carbons (Fsp3) is 0.464. The molecule has 2 aliphatic rings. The van der Waals surface area contributed by atoms with Gasteiger partial charge in [-0.15, -0.1) is 0 Å². The van der Waals surface area contributed by atoms with Crippen LogP contribution < -0.4 is 5.32 Å². The van der Waals surface area contributed by atoms with Crippen LogP contribution in [0.4, 0.5) is 4.79 Å². The summed E-state index contributed by atoms with van der Waals surface area (Å²) in [7, 11) is 0. The summed E-state index contributed by atoms with van der Waals surface area (Å²) in [5.41, 5.74) is 3.31. The molecule has 2 amide bonds. The molecule has 0 bridgehead atoms. The highest BCUT2D eigenvalue weighted by atomic mass is 16.6. The molecule has 4 rings (SSSR count). The van der Waals surface area contributed by atoms with Crippen LogP contribution in [0.2, 0.25) is 0 Å². The highest BCUT2D eigenvalue weighted by Gasteiger charge is 2.53. The van der Waals surface area contributed by atoms with Gasteiger partial charge in [-0.25, -0.2) is 9.59 Å². The third-order valence-electron chi connectivity index (χ3n) is 6.91. The van der Waals surface area contributed by atoms with E-state index < -0.39 is 41.9 Å². The maximum atomic E-state index is 13.6. The van der Waals surface area contributed by atoms with E-state index in [1.807, 2.05) is 50.2 Å². The van der Waals surface area contributed by atoms with Crippen molar-refractivity contribution >= 4 is 18.0 Å². The van der Waals surface area contributed by atoms with Crippen molar-refractivity contribution in [2.45, 2.75) is 70.9 Å². The van der Waals surface area contributed by atoms with Crippen molar-refractivity contribution in [3.05, 3.63) is 59.7 Å². The number of carbonyl (C=O) groups excluding carboxylic acids is 2. The first-order valence-electron chi connectivity index (χ1n) is 12.4. The predicted molar refractivity (Wildman–Crippen MR) is 134 cm³/mol. The lowest BCUT2D eigenvalue weighted by Crippen LogP contribution is -2.58. The summed E-state index contributed by atoms with van der Waals surface area (Å²) in [6.45, 7) is 8.93. The second kappa shape index (κ2) is 9.93. The summed E-state index contributed by atoms with van der Waals surface area (Å²) >= 11 is 0. The summed E-state index contributed by atoms with van der Waals surface area (Å²) in [5.74, 6) is -1.68. The molecule has 2 aromatic carbocycles. The lowest BCUT2D eigenvalue weighted by molar-refractivity contribution is -0.157. The number of aliphatic carboxylic acids is 1. The van der Waals surface area contributed by atoms with Gasteiger partial charge in [0.1, 0.15) is 18.4 Å². The van der Waals surface area contributed by atoms with Gasteiger partial charge in [0.25, 0.3) is 0 Å². The topological polar surface area (TPSA) is 105 Å². The monoisotopic (exact) mass is 494 g/mol. The van der Waals surface area contributed by atoms with Crippen LogP contribution in [0.15, 0.2) is 48.5 Å². The Morgan fingerprint density at radius 1 is 1.06 bits per heavy atom. The molecule has 1 fully saturated rings. The van der Waals surface area contributed by atoms with Crippen molar-refractivity contribution in [2.24, 2.45) is 5.92 Å². The largest absolute Gasteiger partial charge is 0.480 e. The first-order chi connectivity index (χ1) is 17.0. The highest BCUT2D eigenvalue weighted by molar-refractivity contribution is 5.90. The van der Waals surface area contributed by atoms with E-state index in [0.717, 1.165) is 22.3 Å². The Balaban J connectivity index is 1.50. The zero-order chi connectivity index (χ0) is 26.2. The van der Waals surface area contributed by atoms with Crippen molar-refractivity contribution in [1.82, 2.24) is 10.2 Å². The maximum absolute atomic E-state index is 13.6. The van der Waals surface area contributed by atoms with Crippen LogP contribution in [0.1, 0.15) is 58.1 Å². The molecule has 36 heavy (non-hydrogen) atoms. The highest BCUT2D eigenvalue weighted by Crippen LogP contribution is 2.44. The fourth-order valence-electron chi connectivity index (χ4n) is 5.48. The molecule has 0 aromatic heterocycles. The second-order valence-corrected chi connectivity index (χ2v) is 10.4. The molecule has 0 radical (unpaired) electrons. The van der Waals surface area contributed by atoms with Gasteiger partial charge in [0.05, 0.1) is 6.10 Å². The number of fused-ring (bicyclic) bond motifs is 3. The van der Waals surface area contributed by atoms with Crippen LogP contribution in [0.25, 0.3) is 11.1 Å². The van der Waals surface area contributed by atoms with Gasteiger partial charge in [0.15, 0.2) is 6.04 Å². The summed E-state index contributed by atoms with van der Waals surface area (Å²) in [5, 5.41) is 12.5. The molecule has 1 aliphatic heterocycles.